The lowest BCUT2D eigenvalue weighted by atomic mass is 10.1. The maximum Gasteiger partial charge on any atom is 0.104 e. The summed E-state index contributed by atoms with van der Waals surface area (Å²) in [5, 5.41) is 0. The Bertz CT molecular complexity index is 441. The number of nitrogens with one attached hydrogen (secondary N) is 1. The first-order chi connectivity index (χ1) is 7.22. The molecule has 1 aromatic heterocycles. The van der Waals surface area contributed by atoms with Gasteiger partial charge >= 0.3 is 0 Å². The number of hydrogen-bond acceptors (Lipinski definition) is 1. The first kappa shape index (κ1) is 11.8. The molecule has 0 bridgehead atoms. The molecule has 0 spiro atoms. The van der Waals surface area contributed by atoms with E-state index in [9.17, 15) is 0 Å². The molecule has 2 aromatic rings. The molecule has 0 aliphatic heterocycles. The molecule has 0 aliphatic carbocycles. The number of H-pyrrole nitrogens is 1. The van der Waals surface area contributed by atoms with Gasteiger partial charge in [-0.05, 0) is 37.5 Å². The highest BCUT2D eigenvalue weighted by atomic mass is 14.9. The fourth-order valence-electron chi connectivity index (χ4n) is 1.80. The van der Waals surface area contributed by atoms with E-state index >= 15 is 0 Å². The molecule has 0 atom stereocenters. The van der Waals surface area contributed by atoms with Gasteiger partial charge in [0, 0.05) is 0 Å². The Morgan fingerprint density at radius 3 is 2.47 bits per heavy atom. The summed E-state index contributed by atoms with van der Waals surface area (Å²) in [4.78, 5) is 7.74. The third kappa shape index (κ3) is 2.20. The Morgan fingerprint density at radius 2 is 1.87 bits per heavy atom. The second-order valence-corrected chi connectivity index (χ2v) is 3.43. The molecule has 1 heterocycles. The van der Waals surface area contributed by atoms with Gasteiger partial charge in [0.05, 0.1) is 11.0 Å². The summed E-state index contributed by atoms with van der Waals surface area (Å²) in [6.45, 7) is 10.3. The minimum absolute atomic E-state index is 0.996. The van der Waals surface area contributed by atoms with Crippen LogP contribution in [0.1, 0.15) is 37.7 Å². The minimum atomic E-state index is 0.996. The van der Waals surface area contributed by atoms with Crippen LogP contribution >= 0.6 is 0 Å². The highest BCUT2D eigenvalue weighted by Gasteiger charge is 2.05. The van der Waals surface area contributed by atoms with E-state index < -0.39 is 0 Å². The van der Waals surface area contributed by atoms with Crippen LogP contribution < -0.4 is 0 Å². The number of aromatic nitrogens is 2. The molecule has 0 fully saturated rings. The molecular formula is C13H20N2. The lowest BCUT2D eigenvalue weighted by Crippen LogP contribution is -1.87. The number of aromatic amines is 1. The quantitative estimate of drug-likeness (QED) is 0.752. The van der Waals surface area contributed by atoms with Gasteiger partial charge in [-0.1, -0.05) is 26.8 Å². The Labute approximate surface area is 91.7 Å². The lowest BCUT2D eigenvalue weighted by Gasteiger charge is -2.02. The number of imidazole rings is 1. The number of fused-ring (bicyclic) bond motifs is 1. The van der Waals surface area contributed by atoms with Crippen molar-refractivity contribution in [1.29, 1.82) is 0 Å². The first-order valence-corrected chi connectivity index (χ1v) is 5.67. The maximum atomic E-state index is 4.49. The van der Waals surface area contributed by atoms with Crippen molar-refractivity contribution >= 4 is 11.0 Å². The molecule has 2 rings (SSSR count). The topological polar surface area (TPSA) is 28.7 Å². The third-order valence-electron chi connectivity index (χ3n) is 2.47. The van der Waals surface area contributed by atoms with Crippen LogP contribution in [0.4, 0.5) is 0 Å². The Kier molecular flexibility index (Phi) is 3.89. The van der Waals surface area contributed by atoms with Gasteiger partial charge in [0.15, 0.2) is 0 Å². The van der Waals surface area contributed by atoms with Crippen molar-refractivity contribution in [3.05, 3.63) is 29.1 Å². The largest absolute Gasteiger partial charge is 0.342 e. The minimum Gasteiger partial charge on any atom is -0.342 e. The zero-order chi connectivity index (χ0) is 11.4. The number of hydrogen-bond donors (Lipinski definition) is 1. The average molecular weight is 204 g/mol. The van der Waals surface area contributed by atoms with Crippen LogP contribution in [0.3, 0.4) is 0 Å². The molecule has 0 saturated carbocycles. The van der Waals surface area contributed by atoms with Crippen LogP contribution in [0.2, 0.25) is 0 Å². The predicted molar refractivity (Wildman–Crippen MR) is 66.3 cm³/mol. The standard InChI is InChI=1S/C11H14N2.C2H6/c1-4-9-7(2)5-6-10-11(9)13-8(3)12-10;1-2/h5-6H,4H2,1-3H3,(H,12,13);1-2H3. The van der Waals surface area contributed by atoms with Crippen LogP contribution in [-0.2, 0) is 6.42 Å². The Hall–Kier alpha value is -1.31. The fraction of sp³-hybridized carbons (Fsp3) is 0.462. The van der Waals surface area contributed by atoms with E-state index in [2.05, 4.69) is 35.9 Å². The monoisotopic (exact) mass is 204 g/mol. The van der Waals surface area contributed by atoms with E-state index in [1.165, 1.54) is 11.1 Å². The zero-order valence-corrected chi connectivity index (χ0v) is 10.3. The summed E-state index contributed by atoms with van der Waals surface area (Å²) in [6, 6.07) is 4.25. The van der Waals surface area contributed by atoms with Gasteiger partial charge in [0.1, 0.15) is 5.82 Å². The van der Waals surface area contributed by atoms with Gasteiger partial charge in [-0.3, -0.25) is 0 Å². The SMILES string of the molecule is CC.CCc1c(C)ccc2[nH]c(C)nc12. The summed E-state index contributed by atoms with van der Waals surface area (Å²) in [5.74, 6) is 0.996. The Morgan fingerprint density at radius 1 is 1.20 bits per heavy atom. The van der Waals surface area contributed by atoms with Crippen LogP contribution in [0.25, 0.3) is 11.0 Å². The molecule has 0 saturated heterocycles. The third-order valence-corrected chi connectivity index (χ3v) is 2.47. The van der Waals surface area contributed by atoms with E-state index in [1.54, 1.807) is 0 Å². The molecule has 82 valence electrons. The molecule has 2 heteroatoms. The van der Waals surface area contributed by atoms with E-state index in [0.29, 0.717) is 0 Å². The lowest BCUT2D eigenvalue weighted by molar-refractivity contribution is 1.11. The summed E-state index contributed by atoms with van der Waals surface area (Å²) >= 11 is 0. The molecule has 1 aromatic carbocycles. The van der Waals surface area contributed by atoms with Crippen molar-refractivity contribution in [2.75, 3.05) is 0 Å². The first-order valence-electron chi connectivity index (χ1n) is 5.67. The highest BCUT2D eigenvalue weighted by Crippen LogP contribution is 2.20. The van der Waals surface area contributed by atoms with Gasteiger partial charge < -0.3 is 4.98 Å². The average Bonchev–Trinajstić information content (AvgIpc) is 2.61. The van der Waals surface area contributed by atoms with Gasteiger partial charge in [-0.25, -0.2) is 4.98 Å². The van der Waals surface area contributed by atoms with Crippen molar-refractivity contribution in [2.45, 2.75) is 41.0 Å². The molecule has 0 aliphatic rings. The van der Waals surface area contributed by atoms with Gasteiger partial charge in [0.2, 0.25) is 0 Å². The van der Waals surface area contributed by atoms with Crippen LogP contribution in [0, 0.1) is 13.8 Å². The summed E-state index contributed by atoms with van der Waals surface area (Å²) in [6.07, 6.45) is 1.05. The van der Waals surface area contributed by atoms with Crippen molar-refractivity contribution in [1.82, 2.24) is 9.97 Å². The molecule has 15 heavy (non-hydrogen) atoms. The smallest absolute Gasteiger partial charge is 0.104 e. The molecular weight excluding hydrogens is 184 g/mol. The fourth-order valence-corrected chi connectivity index (χ4v) is 1.80. The van der Waals surface area contributed by atoms with Crippen LogP contribution in [-0.4, -0.2) is 9.97 Å². The molecule has 2 nitrogen and oxygen atoms in total. The van der Waals surface area contributed by atoms with Gasteiger partial charge in [-0.15, -0.1) is 0 Å². The number of nitrogens with zero attached hydrogens (tertiary/aromatic N) is 1. The summed E-state index contributed by atoms with van der Waals surface area (Å²) < 4.78 is 0. The van der Waals surface area contributed by atoms with Crippen molar-refractivity contribution in [2.24, 2.45) is 0 Å². The predicted octanol–water partition coefficient (Wildman–Crippen LogP) is 3.77. The van der Waals surface area contributed by atoms with E-state index in [4.69, 9.17) is 0 Å². The van der Waals surface area contributed by atoms with Crippen LogP contribution in [0.15, 0.2) is 12.1 Å². The highest BCUT2D eigenvalue weighted by molar-refractivity contribution is 5.80. The maximum absolute atomic E-state index is 4.49. The molecule has 1 N–H and O–H groups in total. The van der Waals surface area contributed by atoms with E-state index in [0.717, 1.165) is 23.3 Å². The van der Waals surface area contributed by atoms with Gasteiger partial charge in [0.25, 0.3) is 0 Å². The summed E-state index contributed by atoms with van der Waals surface area (Å²) in [7, 11) is 0. The molecule has 0 amide bonds. The second-order valence-electron chi connectivity index (χ2n) is 3.43. The molecule has 0 radical (unpaired) electrons. The normalized spacial score (nSPS) is 9.93. The number of rotatable bonds is 1. The number of aryl methyl sites for hydroxylation is 3. The van der Waals surface area contributed by atoms with Crippen molar-refractivity contribution in [3.8, 4) is 0 Å². The summed E-state index contributed by atoms with van der Waals surface area (Å²) in [5.41, 5.74) is 4.99. The number of benzene rings is 1. The van der Waals surface area contributed by atoms with E-state index in [1.807, 2.05) is 20.8 Å². The van der Waals surface area contributed by atoms with Gasteiger partial charge in [-0.2, -0.15) is 0 Å². The zero-order valence-electron chi connectivity index (χ0n) is 10.3. The van der Waals surface area contributed by atoms with E-state index in [-0.39, 0.29) is 0 Å². The second kappa shape index (κ2) is 4.96. The van der Waals surface area contributed by atoms with Crippen LogP contribution in [0.5, 0.6) is 0 Å². The Balaban J connectivity index is 0.000000531. The van der Waals surface area contributed by atoms with Crippen molar-refractivity contribution < 1.29 is 0 Å². The van der Waals surface area contributed by atoms with Crippen molar-refractivity contribution in [3.63, 3.8) is 0 Å². The molecule has 0 unspecified atom stereocenters.